The second kappa shape index (κ2) is 6.11. The summed E-state index contributed by atoms with van der Waals surface area (Å²) in [5, 5.41) is 10.6. The van der Waals surface area contributed by atoms with Crippen molar-refractivity contribution in [2.75, 3.05) is 18.0 Å². The number of aryl methyl sites for hydroxylation is 3. The fourth-order valence-electron chi connectivity index (χ4n) is 3.54. The van der Waals surface area contributed by atoms with Crippen molar-refractivity contribution in [3.05, 3.63) is 29.9 Å². The lowest BCUT2D eigenvalue weighted by molar-refractivity contribution is 0.0824. The Kier molecular flexibility index (Phi) is 3.91. The van der Waals surface area contributed by atoms with Crippen LogP contribution in [0, 0.1) is 19.8 Å². The van der Waals surface area contributed by atoms with Crippen LogP contribution in [-0.4, -0.2) is 42.7 Å². The highest BCUT2D eigenvalue weighted by Crippen LogP contribution is 2.33. The van der Waals surface area contributed by atoms with Crippen LogP contribution in [0.25, 0.3) is 11.2 Å². The van der Waals surface area contributed by atoms with Crippen molar-refractivity contribution in [3.8, 4) is 0 Å². The molecule has 1 aliphatic rings. The molecule has 3 aromatic rings. The van der Waals surface area contributed by atoms with E-state index in [0.717, 1.165) is 37.6 Å². The van der Waals surface area contributed by atoms with Gasteiger partial charge in [0.25, 0.3) is 5.71 Å². The van der Waals surface area contributed by atoms with E-state index in [-0.39, 0.29) is 5.92 Å². The van der Waals surface area contributed by atoms with Crippen molar-refractivity contribution < 1.29 is 9.52 Å². The van der Waals surface area contributed by atoms with Gasteiger partial charge in [-0.25, -0.2) is 15.0 Å². The third-order valence-corrected chi connectivity index (χ3v) is 4.87. The molecule has 25 heavy (non-hydrogen) atoms. The summed E-state index contributed by atoms with van der Waals surface area (Å²) in [6.07, 6.45) is 4.79. The molecule has 0 aromatic carbocycles. The molecule has 1 atom stereocenters. The minimum atomic E-state index is -0.538. The van der Waals surface area contributed by atoms with E-state index in [0.29, 0.717) is 22.9 Å². The van der Waals surface area contributed by atoms with E-state index in [1.165, 1.54) is 0 Å². The standard InChI is InChI=1S/C17H22N6O2/c1-10-19-15(13-17(20-10)25-11(2)21-13)23-7-4-12(5-8-23)14(24)16-18-6-9-22(16)3/h6,9,12,14,24H,4-5,7-8H2,1-3H3/t14-/m0/s1. The Morgan fingerprint density at radius 1 is 1.20 bits per heavy atom. The number of nitrogens with zero attached hydrogens (tertiary/aromatic N) is 6. The van der Waals surface area contributed by atoms with E-state index >= 15 is 0 Å². The number of fused-ring (bicyclic) bond motifs is 1. The minimum absolute atomic E-state index is 0.190. The van der Waals surface area contributed by atoms with Crippen molar-refractivity contribution in [3.63, 3.8) is 0 Å². The number of aliphatic hydroxyl groups excluding tert-OH is 1. The van der Waals surface area contributed by atoms with Gasteiger partial charge in [-0.2, -0.15) is 4.98 Å². The number of anilines is 1. The second-order valence-electron chi connectivity index (χ2n) is 6.65. The van der Waals surface area contributed by atoms with Crippen LogP contribution < -0.4 is 4.90 Å². The molecule has 1 saturated heterocycles. The Morgan fingerprint density at radius 2 is 1.96 bits per heavy atom. The molecule has 4 heterocycles. The van der Waals surface area contributed by atoms with Crippen LogP contribution in [0.1, 0.15) is 36.5 Å². The summed E-state index contributed by atoms with van der Waals surface area (Å²) in [4.78, 5) is 19.8. The molecule has 0 amide bonds. The van der Waals surface area contributed by atoms with Crippen molar-refractivity contribution >= 4 is 17.0 Å². The summed E-state index contributed by atoms with van der Waals surface area (Å²) in [6, 6.07) is 0. The van der Waals surface area contributed by atoms with Gasteiger partial charge in [0.2, 0.25) is 0 Å². The van der Waals surface area contributed by atoms with Crippen LogP contribution >= 0.6 is 0 Å². The van der Waals surface area contributed by atoms with Gasteiger partial charge < -0.3 is 19.0 Å². The van der Waals surface area contributed by atoms with Crippen LogP contribution in [0.2, 0.25) is 0 Å². The summed E-state index contributed by atoms with van der Waals surface area (Å²) < 4.78 is 7.44. The Bertz CT molecular complexity index is 894. The lowest BCUT2D eigenvalue weighted by Crippen LogP contribution is -2.36. The zero-order chi connectivity index (χ0) is 17.6. The number of rotatable bonds is 3. The normalized spacial score (nSPS) is 17.4. The van der Waals surface area contributed by atoms with Gasteiger partial charge in [0.15, 0.2) is 17.2 Å². The molecule has 8 heteroatoms. The van der Waals surface area contributed by atoms with Crippen molar-refractivity contribution in [1.82, 2.24) is 24.5 Å². The number of hydrogen-bond donors (Lipinski definition) is 1. The van der Waals surface area contributed by atoms with E-state index < -0.39 is 6.10 Å². The van der Waals surface area contributed by atoms with E-state index in [9.17, 15) is 5.11 Å². The van der Waals surface area contributed by atoms with Crippen molar-refractivity contribution in [1.29, 1.82) is 0 Å². The molecule has 1 fully saturated rings. The number of imidazole rings is 1. The maximum atomic E-state index is 10.6. The van der Waals surface area contributed by atoms with Crippen molar-refractivity contribution in [2.24, 2.45) is 13.0 Å². The summed E-state index contributed by atoms with van der Waals surface area (Å²) in [7, 11) is 1.91. The number of aliphatic hydroxyl groups is 1. The molecule has 0 radical (unpaired) electrons. The largest absolute Gasteiger partial charge is 0.422 e. The molecule has 0 bridgehead atoms. The summed E-state index contributed by atoms with van der Waals surface area (Å²) in [6.45, 7) is 5.29. The molecule has 4 rings (SSSR count). The second-order valence-corrected chi connectivity index (χ2v) is 6.65. The van der Waals surface area contributed by atoms with Gasteiger partial charge in [0, 0.05) is 39.5 Å². The zero-order valence-electron chi connectivity index (χ0n) is 14.7. The molecular formula is C17H22N6O2. The van der Waals surface area contributed by atoms with Gasteiger partial charge >= 0.3 is 0 Å². The maximum absolute atomic E-state index is 10.6. The zero-order valence-corrected chi connectivity index (χ0v) is 14.7. The van der Waals surface area contributed by atoms with Crippen LogP contribution in [0.4, 0.5) is 5.82 Å². The quantitative estimate of drug-likeness (QED) is 0.777. The lowest BCUT2D eigenvalue weighted by atomic mass is 9.90. The van der Waals surface area contributed by atoms with Crippen LogP contribution in [-0.2, 0) is 7.05 Å². The first-order chi connectivity index (χ1) is 12.0. The van der Waals surface area contributed by atoms with Crippen LogP contribution in [0.3, 0.4) is 0 Å². The van der Waals surface area contributed by atoms with E-state index in [1.54, 1.807) is 6.20 Å². The molecule has 0 unspecified atom stereocenters. The SMILES string of the molecule is Cc1nc(N2CCC([C@H](O)c3nccn3C)CC2)c2nc(C)oc2n1. The minimum Gasteiger partial charge on any atom is -0.422 e. The fourth-order valence-corrected chi connectivity index (χ4v) is 3.54. The summed E-state index contributed by atoms with van der Waals surface area (Å²) >= 11 is 0. The topological polar surface area (TPSA) is 93.1 Å². The first-order valence-electron chi connectivity index (χ1n) is 8.55. The van der Waals surface area contributed by atoms with Crippen LogP contribution in [0.5, 0.6) is 0 Å². The van der Waals surface area contributed by atoms with E-state index in [4.69, 9.17) is 4.42 Å². The molecule has 8 nitrogen and oxygen atoms in total. The Hall–Kier alpha value is -2.48. The van der Waals surface area contributed by atoms with E-state index in [1.807, 2.05) is 31.7 Å². The number of piperidine rings is 1. The highest BCUT2D eigenvalue weighted by molar-refractivity contribution is 5.82. The molecule has 0 saturated carbocycles. The fraction of sp³-hybridized carbons (Fsp3) is 0.529. The Morgan fingerprint density at radius 3 is 2.64 bits per heavy atom. The molecule has 132 valence electrons. The molecule has 1 N–H and O–H groups in total. The molecule has 0 aliphatic carbocycles. The summed E-state index contributed by atoms with van der Waals surface area (Å²) in [5.41, 5.74) is 1.25. The molecule has 0 spiro atoms. The average Bonchev–Trinajstić information content (AvgIpc) is 3.18. The van der Waals surface area contributed by atoms with Gasteiger partial charge in [-0.05, 0) is 25.7 Å². The van der Waals surface area contributed by atoms with Gasteiger partial charge in [0.1, 0.15) is 17.8 Å². The monoisotopic (exact) mass is 342 g/mol. The third kappa shape index (κ3) is 2.86. The lowest BCUT2D eigenvalue weighted by Gasteiger charge is -2.34. The Balaban J connectivity index is 1.53. The molecular weight excluding hydrogens is 320 g/mol. The van der Waals surface area contributed by atoms with Gasteiger partial charge in [-0.1, -0.05) is 0 Å². The predicted molar refractivity (Wildman–Crippen MR) is 92.2 cm³/mol. The number of oxazole rings is 1. The molecule has 3 aromatic heterocycles. The maximum Gasteiger partial charge on any atom is 0.252 e. The van der Waals surface area contributed by atoms with Crippen LogP contribution in [0.15, 0.2) is 16.8 Å². The van der Waals surface area contributed by atoms with E-state index in [2.05, 4.69) is 24.8 Å². The Labute approximate surface area is 145 Å². The first-order valence-corrected chi connectivity index (χ1v) is 8.55. The first kappa shape index (κ1) is 16.0. The summed E-state index contributed by atoms with van der Waals surface area (Å²) in [5.74, 6) is 3.01. The number of aromatic nitrogens is 5. The van der Waals surface area contributed by atoms with Gasteiger partial charge in [-0.3, -0.25) is 0 Å². The predicted octanol–water partition coefficient (Wildman–Crippen LogP) is 1.92. The third-order valence-electron chi connectivity index (χ3n) is 4.87. The van der Waals surface area contributed by atoms with Gasteiger partial charge in [0.05, 0.1) is 0 Å². The van der Waals surface area contributed by atoms with Crippen molar-refractivity contribution in [2.45, 2.75) is 32.8 Å². The molecule has 1 aliphatic heterocycles. The number of hydrogen-bond acceptors (Lipinski definition) is 7. The highest BCUT2D eigenvalue weighted by atomic mass is 16.4. The average molecular weight is 342 g/mol. The van der Waals surface area contributed by atoms with Gasteiger partial charge in [-0.15, -0.1) is 0 Å². The highest BCUT2D eigenvalue weighted by Gasteiger charge is 2.30. The smallest absolute Gasteiger partial charge is 0.252 e.